The number of fused-ring (bicyclic) bond motifs is 1. The van der Waals surface area contributed by atoms with Crippen LogP contribution >= 0.6 is 0 Å². The predicted molar refractivity (Wildman–Crippen MR) is 76.6 cm³/mol. The summed E-state index contributed by atoms with van der Waals surface area (Å²) in [6, 6.07) is 9.92. The molecule has 0 radical (unpaired) electrons. The highest BCUT2D eigenvalue weighted by atomic mass is 16.5. The van der Waals surface area contributed by atoms with E-state index >= 15 is 0 Å². The van der Waals surface area contributed by atoms with E-state index in [4.69, 9.17) is 9.47 Å². The normalized spacial score (nSPS) is 10.8. The maximum Gasteiger partial charge on any atom is 0.128 e. The molecule has 19 heavy (non-hydrogen) atoms. The van der Waals surface area contributed by atoms with Crippen molar-refractivity contribution in [1.29, 1.82) is 0 Å². The molecular formula is C15H20N2O2. The zero-order chi connectivity index (χ0) is 13.3. The van der Waals surface area contributed by atoms with Crippen molar-refractivity contribution in [3.05, 3.63) is 36.5 Å². The Labute approximate surface area is 113 Å². The lowest BCUT2D eigenvalue weighted by Gasteiger charge is -2.09. The van der Waals surface area contributed by atoms with Gasteiger partial charge in [0.25, 0.3) is 0 Å². The molecule has 102 valence electrons. The molecule has 4 heteroatoms. The van der Waals surface area contributed by atoms with Crippen LogP contribution in [0.1, 0.15) is 6.42 Å². The van der Waals surface area contributed by atoms with Crippen molar-refractivity contribution in [2.75, 3.05) is 33.4 Å². The number of rotatable bonds is 8. The maximum absolute atomic E-state index is 5.81. The van der Waals surface area contributed by atoms with Crippen LogP contribution in [0.25, 0.3) is 10.9 Å². The van der Waals surface area contributed by atoms with Gasteiger partial charge in [0, 0.05) is 25.2 Å². The standard InChI is InChI=1S/C15H20N2O2/c1-18-12-10-16-8-4-11-19-15-7-2-6-14-13(15)5-3-9-17-14/h2-3,5-7,9,16H,4,8,10-12H2,1H3. The Kier molecular flexibility index (Phi) is 5.59. The van der Waals surface area contributed by atoms with Crippen molar-refractivity contribution in [2.24, 2.45) is 0 Å². The van der Waals surface area contributed by atoms with Gasteiger partial charge in [-0.05, 0) is 37.2 Å². The molecule has 0 spiro atoms. The highest BCUT2D eigenvalue weighted by molar-refractivity contribution is 5.84. The third-order valence-electron chi connectivity index (χ3n) is 2.84. The minimum absolute atomic E-state index is 0.702. The highest BCUT2D eigenvalue weighted by Gasteiger charge is 2.01. The van der Waals surface area contributed by atoms with E-state index in [0.717, 1.165) is 42.8 Å². The lowest BCUT2D eigenvalue weighted by molar-refractivity contribution is 0.198. The minimum Gasteiger partial charge on any atom is -0.493 e. The molecule has 0 aliphatic carbocycles. The first-order valence-corrected chi connectivity index (χ1v) is 6.58. The van der Waals surface area contributed by atoms with Crippen LogP contribution in [0.5, 0.6) is 5.75 Å². The van der Waals surface area contributed by atoms with E-state index in [0.29, 0.717) is 6.61 Å². The number of hydrogen-bond acceptors (Lipinski definition) is 4. The topological polar surface area (TPSA) is 43.4 Å². The second-order valence-corrected chi connectivity index (χ2v) is 4.27. The summed E-state index contributed by atoms with van der Waals surface area (Å²) in [6.45, 7) is 3.27. The number of hydrogen-bond donors (Lipinski definition) is 1. The molecule has 1 aromatic carbocycles. The van der Waals surface area contributed by atoms with E-state index in [-0.39, 0.29) is 0 Å². The van der Waals surface area contributed by atoms with E-state index in [1.54, 1.807) is 13.3 Å². The fraction of sp³-hybridized carbons (Fsp3) is 0.400. The van der Waals surface area contributed by atoms with Crippen molar-refractivity contribution >= 4 is 10.9 Å². The van der Waals surface area contributed by atoms with Crippen molar-refractivity contribution in [3.8, 4) is 5.75 Å². The average molecular weight is 260 g/mol. The van der Waals surface area contributed by atoms with Crippen LogP contribution in [0.4, 0.5) is 0 Å². The third-order valence-corrected chi connectivity index (χ3v) is 2.84. The van der Waals surface area contributed by atoms with Crippen LogP contribution < -0.4 is 10.1 Å². The molecule has 0 atom stereocenters. The Morgan fingerprint density at radius 2 is 2.05 bits per heavy atom. The van der Waals surface area contributed by atoms with Crippen molar-refractivity contribution < 1.29 is 9.47 Å². The van der Waals surface area contributed by atoms with Crippen molar-refractivity contribution in [3.63, 3.8) is 0 Å². The Hall–Kier alpha value is -1.65. The highest BCUT2D eigenvalue weighted by Crippen LogP contribution is 2.23. The molecule has 0 unspecified atom stereocenters. The molecule has 0 aliphatic heterocycles. The van der Waals surface area contributed by atoms with Gasteiger partial charge in [0.1, 0.15) is 5.75 Å². The number of benzene rings is 1. The van der Waals surface area contributed by atoms with Gasteiger partial charge in [0.15, 0.2) is 0 Å². The Morgan fingerprint density at radius 1 is 1.11 bits per heavy atom. The SMILES string of the molecule is COCCNCCCOc1cccc2ncccc12. The first-order valence-electron chi connectivity index (χ1n) is 6.58. The number of nitrogens with zero attached hydrogens (tertiary/aromatic N) is 1. The number of pyridine rings is 1. The minimum atomic E-state index is 0.702. The van der Waals surface area contributed by atoms with Gasteiger partial charge in [0.2, 0.25) is 0 Å². The van der Waals surface area contributed by atoms with Gasteiger partial charge in [-0.15, -0.1) is 0 Å². The summed E-state index contributed by atoms with van der Waals surface area (Å²) in [5.74, 6) is 0.905. The van der Waals surface area contributed by atoms with E-state index in [1.165, 1.54) is 0 Å². The summed E-state index contributed by atoms with van der Waals surface area (Å²) in [5, 5.41) is 4.36. The lowest BCUT2D eigenvalue weighted by Crippen LogP contribution is -2.21. The summed E-state index contributed by atoms with van der Waals surface area (Å²) < 4.78 is 10.8. The fourth-order valence-corrected chi connectivity index (χ4v) is 1.88. The first kappa shape index (κ1) is 13.8. The monoisotopic (exact) mass is 260 g/mol. The van der Waals surface area contributed by atoms with Gasteiger partial charge in [-0.25, -0.2) is 0 Å². The summed E-state index contributed by atoms with van der Waals surface area (Å²) in [5.41, 5.74) is 0.971. The Bertz CT molecular complexity index is 497. The molecule has 0 aliphatic rings. The van der Waals surface area contributed by atoms with Gasteiger partial charge >= 0.3 is 0 Å². The molecule has 2 rings (SSSR count). The van der Waals surface area contributed by atoms with Crippen LogP contribution in [-0.4, -0.2) is 38.4 Å². The fourth-order valence-electron chi connectivity index (χ4n) is 1.88. The maximum atomic E-state index is 5.81. The van der Waals surface area contributed by atoms with E-state index in [9.17, 15) is 0 Å². The molecule has 0 saturated heterocycles. The third kappa shape index (κ3) is 4.19. The summed E-state index contributed by atoms with van der Waals surface area (Å²) in [6.07, 6.45) is 2.77. The molecule has 0 saturated carbocycles. The second kappa shape index (κ2) is 7.71. The van der Waals surface area contributed by atoms with E-state index < -0.39 is 0 Å². The summed E-state index contributed by atoms with van der Waals surface area (Å²) in [7, 11) is 1.71. The number of aromatic nitrogens is 1. The molecule has 1 heterocycles. The molecule has 1 aromatic heterocycles. The van der Waals surface area contributed by atoms with Crippen molar-refractivity contribution in [1.82, 2.24) is 10.3 Å². The molecule has 0 bridgehead atoms. The van der Waals surface area contributed by atoms with Crippen LogP contribution in [0.2, 0.25) is 0 Å². The Morgan fingerprint density at radius 3 is 2.95 bits per heavy atom. The van der Waals surface area contributed by atoms with Crippen LogP contribution in [0, 0.1) is 0 Å². The van der Waals surface area contributed by atoms with Gasteiger partial charge in [-0.2, -0.15) is 0 Å². The molecule has 4 nitrogen and oxygen atoms in total. The lowest BCUT2D eigenvalue weighted by atomic mass is 10.2. The Balaban J connectivity index is 1.78. The van der Waals surface area contributed by atoms with Crippen molar-refractivity contribution in [2.45, 2.75) is 6.42 Å². The predicted octanol–water partition coefficient (Wildman–Crippen LogP) is 2.24. The van der Waals surface area contributed by atoms with Gasteiger partial charge in [-0.1, -0.05) is 6.07 Å². The van der Waals surface area contributed by atoms with E-state index in [2.05, 4.69) is 10.3 Å². The molecule has 0 fully saturated rings. The summed E-state index contributed by atoms with van der Waals surface area (Å²) >= 11 is 0. The zero-order valence-electron chi connectivity index (χ0n) is 11.3. The van der Waals surface area contributed by atoms with Gasteiger partial charge in [-0.3, -0.25) is 4.98 Å². The number of ether oxygens (including phenoxy) is 2. The second-order valence-electron chi connectivity index (χ2n) is 4.27. The smallest absolute Gasteiger partial charge is 0.128 e. The first-order chi connectivity index (χ1) is 9.42. The zero-order valence-corrected chi connectivity index (χ0v) is 11.3. The largest absolute Gasteiger partial charge is 0.493 e. The number of nitrogens with one attached hydrogen (secondary N) is 1. The van der Waals surface area contributed by atoms with Crippen LogP contribution in [0.3, 0.4) is 0 Å². The molecule has 2 aromatic rings. The number of methoxy groups -OCH3 is 1. The van der Waals surface area contributed by atoms with Gasteiger partial charge in [0.05, 0.1) is 18.7 Å². The average Bonchev–Trinajstić information content (AvgIpc) is 2.46. The van der Waals surface area contributed by atoms with E-state index in [1.807, 2.05) is 30.3 Å². The summed E-state index contributed by atoms with van der Waals surface area (Å²) in [4.78, 5) is 4.31. The van der Waals surface area contributed by atoms with Crippen LogP contribution in [-0.2, 0) is 4.74 Å². The molecular weight excluding hydrogens is 240 g/mol. The molecule has 1 N–H and O–H groups in total. The van der Waals surface area contributed by atoms with Gasteiger partial charge < -0.3 is 14.8 Å². The quantitative estimate of drug-likeness (QED) is 0.739. The molecule has 0 amide bonds. The van der Waals surface area contributed by atoms with Crippen LogP contribution in [0.15, 0.2) is 36.5 Å².